The largest absolute Gasteiger partial charge is 0.348 e. The van der Waals surface area contributed by atoms with Gasteiger partial charge >= 0.3 is 0 Å². The van der Waals surface area contributed by atoms with Gasteiger partial charge in [-0.3, -0.25) is 9.35 Å². The normalized spacial score (nSPS) is 11.1. The van der Waals surface area contributed by atoms with E-state index in [9.17, 15) is 13.2 Å². The van der Waals surface area contributed by atoms with E-state index in [0.717, 1.165) is 4.90 Å². The van der Waals surface area contributed by atoms with Crippen LogP contribution in [0.15, 0.2) is 0 Å². The van der Waals surface area contributed by atoms with Crippen molar-refractivity contribution in [3.05, 3.63) is 0 Å². The van der Waals surface area contributed by atoms with E-state index in [1.807, 2.05) is 0 Å². The summed E-state index contributed by atoms with van der Waals surface area (Å²) in [5.41, 5.74) is 0. The first-order valence-electron chi connectivity index (χ1n) is 2.48. The minimum Gasteiger partial charge on any atom is -0.348 e. The number of amides is 1. The molecule has 0 atom stereocenters. The van der Waals surface area contributed by atoms with Crippen molar-refractivity contribution in [1.29, 1.82) is 0 Å². The molecule has 0 heterocycles. The third-order valence-electron chi connectivity index (χ3n) is 0.805. The Labute approximate surface area is 59.4 Å². The zero-order chi connectivity index (χ0) is 8.36. The van der Waals surface area contributed by atoms with Gasteiger partial charge in [-0.25, -0.2) is 0 Å². The summed E-state index contributed by atoms with van der Waals surface area (Å²) in [4.78, 5) is 11.6. The Morgan fingerprint density at radius 1 is 1.50 bits per heavy atom. The Balaban J connectivity index is 4.07. The van der Waals surface area contributed by atoms with Crippen molar-refractivity contribution in [1.82, 2.24) is 4.90 Å². The molecule has 0 aromatic heterocycles. The predicted molar refractivity (Wildman–Crippen MR) is 35.1 cm³/mol. The lowest BCUT2D eigenvalue weighted by Gasteiger charge is -2.07. The first-order valence-corrected chi connectivity index (χ1v) is 4.09. The van der Waals surface area contributed by atoms with E-state index in [2.05, 4.69) is 0 Å². The van der Waals surface area contributed by atoms with E-state index >= 15 is 0 Å². The van der Waals surface area contributed by atoms with E-state index in [0.29, 0.717) is 0 Å². The monoisotopic (exact) mass is 167 g/mol. The van der Waals surface area contributed by atoms with Crippen LogP contribution in [0.5, 0.6) is 0 Å². The molecule has 1 N–H and O–H groups in total. The van der Waals surface area contributed by atoms with Crippen LogP contribution in [-0.2, 0) is 14.9 Å². The van der Waals surface area contributed by atoms with Gasteiger partial charge in [0.1, 0.15) is 0 Å². The molecular formula is C4H9NO4S. The average molecular weight is 167 g/mol. The lowest BCUT2D eigenvalue weighted by Crippen LogP contribution is -2.28. The Morgan fingerprint density at radius 3 is 2.00 bits per heavy atom. The predicted octanol–water partition coefficient (Wildman–Crippen LogP) is -1.04. The summed E-state index contributed by atoms with van der Waals surface area (Å²) in [6.45, 7) is 0. The van der Waals surface area contributed by atoms with Crippen molar-refractivity contribution in [2.75, 3.05) is 19.8 Å². The highest BCUT2D eigenvalue weighted by molar-refractivity contribution is 7.86. The Bertz CT molecular complexity index is 217. The smallest absolute Gasteiger partial charge is 0.274 e. The number of carbonyl (C=O) groups excluding carboxylic acids is 1. The molecule has 0 aliphatic rings. The van der Waals surface area contributed by atoms with Crippen molar-refractivity contribution in [2.24, 2.45) is 0 Å². The van der Waals surface area contributed by atoms with Crippen molar-refractivity contribution >= 4 is 16.0 Å². The van der Waals surface area contributed by atoms with Crippen LogP contribution in [0, 0.1) is 0 Å². The molecule has 0 bridgehead atoms. The van der Waals surface area contributed by atoms with Crippen molar-refractivity contribution < 1.29 is 17.8 Å². The summed E-state index contributed by atoms with van der Waals surface area (Å²) < 4.78 is 28.3. The van der Waals surface area contributed by atoms with Crippen LogP contribution in [0.2, 0.25) is 0 Å². The van der Waals surface area contributed by atoms with Gasteiger partial charge in [-0.2, -0.15) is 8.42 Å². The minimum absolute atomic E-state index is 0.637. The molecule has 10 heavy (non-hydrogen) atoms. The van der Waals surface area contributed by atoms with Gasteiger partial charge in [0.15, 0.2) is 5.75 Å². The molecule has 1 amide bonds. The number of carbonyl (C=O) groups is 1. The third-order valence-corrected chi connectivity index (χ3v) is 1.42. The standard InChI is InChI=1S/C4H9NO4S/c1-5(2)4(6)3-10(7,8)9/h3H2,1-2H3,(H,7,8,9). The summed E-state index contributed by atoms with van der Waals surface area (Å²) in [6, 6.07) is 0. The summed E-state index contributed by atoms with van der Waals surface area (Å²) in [6.07, 6.45) is 0. The van der Waals surface area contributed by atoms with Gasteiger partial charge in [0, 0.05) is 14.1 Å². The van der Waals surface area contributed by atoms with Crippen LogP contribution >= 0.6 is 0 Å². The molecule has 60 valence electrons. The van der Waals surface area contributed by atoms with Crippen LogP contribution in [0.1, 0.15) is 0 Å². The highest BCUT2D eigenvalue weighted by atomic mass is 32.2. The van der Waals surface area contributed by atoms with E-state index in [4.69, 9.17) is 4.55 Å². The van der Waals surface area contributed by atoms with Gasteiger partial charge in [-0.15, -0.1) is 0 Å². The molecule has 0 saturated heterocycles. The molecule has 0 aromatic carbocycles. The van der Waals surface area contributed by atoms with E-state index in [-0.39, 0.29) is 0 Å². The van der Waals surface area contributed by atoms with Crippen LogP contribution in [0.4, 0.5) is 0 Å². The average Bonchev–Trinajstić information content (AvgIpc) is 1.60. The lowest BCUT2D eigenvalue weighted by molar-refractivity contribution is -0.126. The number of hydrogen-bond donors (Lipinski definition) is 1. The van der Waals surface area contributed by atoms with Crippen LogP contribution < -0.4 is 0 Å². The highest BCUT2D eigenvalue weighted by Crippen LogP contribution is 1.85. The SMILES string of the molecule is CN(C)C(=O)CS(=O)(=O)O. The maximum Gasteiger partial charge on any atom is 0.274 e. The van der Waals surface area contributed by atoms with Crippen LogP contribution in [-0.4, -0.2) is 43.6 Å². The van der Waals surface area contributed by atoms with Gasteiger partial charge in [0.2, 0.25) is 5.91 Å². The summed E-state index contributed by atoms with van der Waals surface area (Å²) in [5, 5.41) is 0. The zero-order valence-electron chi connectivity index (χ0n) is 5.73. The van der Waals surface area contributed by atoms with E-state index in [1.165, 1.54) is 14.1 Å². The van der Waals surface area contributed by atoms with E-state index in [1.54, 1.807) is 0 Å². The first-order chi connectivity index (χ1) is 4.33. The number of hydrogen-bond acceptors (Lipinski definition) is 3. The van der Waals surface area contributed by atoms with Crippen LogP contribution in [0.25, 0.3) is 0 Å². The van der Waals surface area contributed by atoms with Crippen molar-refractivity contribution in [2.45, 2.75) is 0 Å². The highest BCUT2D eigenvalue weighted by Gasteiger charge is 2.13. The molecule has 0 radical (unpaired) electrons. The lowest BCUT2D eigenvalue weighted by atomic mass is 10.6. The molecular weight excluding hydrogens is 158 g/mol. The zero-order valence-corrected chi connectivity index (χ0v) is 6.55. The molecule has 0 fully saturated rings. The molecule has 0 aromatic rings. The van der Waals surface area contributed by atoms with Crippen LogP contribution in [0.3, 0.4) is 0 Å². The molecule has 5 nitrogen and oxygen atoms in total. The fraction of sp³-hybridized carbons (Fsp3) is 0.750. The summed E-state index contributed by atoms with van der Waals surface area (Å²) in [5.74, 6) is -1.48. The second-order valence-corrected chi connectivity index (χ2v) is 3.47. The summed E-state index contributed by atoms with van der Waals surface area (Å²) in [7, 11) is -1.34. The molecule has 0 aliphatic carbocycles. The van der Waals surface area contributed by atoms with E-state index < -0.39 is 21.8 Å². The fourth-order valence-corrected chi connectivity index (χ4v) is 0.855. The van der Waals surface area contributed by atoms with Gasteiger partial charge in [0.05, 0.1) is 0 Å². The second kappa shape index (κ2) is 2.98. The molecule has 0 saturated carbocycles. The third kappa shape index (κ3) is 4.28. The topological polar surface area (TPSA) is 74.7 Å². The first kappa shape index (κ1) is 9.38. The molecule has 0 aliphatic heterocycles. The van der Waals surface area contributed by atoms with Crippen molar-refractivity contribution in [3.8, 4) is 0 Å². The quantitative estimate of drug-likeness (QED) is 0.533. The minimum atomic E-state index is -4.16. The number of nitrogens with zero attached hydrogens (tertiary/aromatic N) is 1. The maximum absolute atomic E-state index is 10.5. The Hall–Kier alpha value is -0.620. The fourth-order valence-electron chi connectivity index (χ4n) is 0.285. The molecule has 6 heteroatoms. The van der Waals surface area contributed by atoms with Gasteiger partial charge < -0.3 is 4.90 Å². The molecule has 0 spiro atoms. The second-order valence-electron chi connectivity index (χ2n) is 2.01. The Kier molecular flexibility index (Phi) is 2.79. The van der Waals surface area contributed by atoms with Gasteiger partial charge in [-0.1, -0.05) is 0 Å². The van der Waals surface area contributed by atoms with Gasteiger partial charge in [-0.05, 0) is 0 Å². The number of rotatable bonds is 2. The molecule has 0 unspecified atom stereocenters. The van der Waals surface area contributed by atoms with Gasteiger partial charge in [0.25, 0.3) is 10.1 Å². The summed E-state index contributed by atoms with van der Waals surface area (Å²) >= 11 is 0. The Morgan fingerprint density at radius 2 is 1.90 bits per heavy atom. The molecule has 0 rings (SSSR count). The van der Waals surface area contributed by atoms with Crippen molar-refractivity contribution in [3.63, 3.8) is 0 Å². The maximum atomic E-state index is 10.5.